The number of nitrogens with one attached hydrogen (secondary N) is 1. The predicted octanol–water partition coefficient (Wildman–Crippen LogP) is 2.86. The monoisotopic (exact) mass is 504 g/mol. The minimum Gasteiger partial charge on any atom is -0.465 e. The van der Waals surface area contributed by atoms with Gasteiger partial charge in [0.1, 0.15) is 11.5 Å². The molecule has 10 nitrogen and oxygen atoms in total. The average molecular weight is 505 g/mol. The second-order valence-electron chi connectivity index (χ2n) is 6.27. The first-order valence-corrected chi connectivity index (χ1v) is 9.59. The number of rotatable bonds is 7. The van der Waals surface area contributed by atoms with Crippen molar-refractivity contribution in [3.63, 3.8) is 0 Å². The van der Waals surface area contributed by atoms with Gasteiger partial charge in [0.15, 0.2) is 12.4 Å². The van der Waals surface area contributed by atoms with E-state index in [-0.39, 0.29) is 39.9 Å². The molecule has 0 aliphatic carbocycles. The second kappa shape index (κ2) is 9.91. The highest BCUT2D eigenvalue weighted by atomic mass is 35.5. The number of benzene rings is 1. The molecule has 0 saturated heterocycles. The molecule has 0 aliphatic rings. The Morgan fingerprint density at radius 3 is 2.62 bits per heavy atom. The Kier molecular flexibility index (Phi) is 7.20. The van der Waals surface area contributed by atoms with Crippen molar-refractivity contribution in [3.8, 4) is 23.3 Å². The van der Waals surface area contributed by atoms with Crippen molar-refractivity contribution in [3.05, 3.63) is 67.8 Å². The molecule has 0 amide bonds. The van der Waals surface area contributed by atoms with E-state index in [1.54, 1.807) is 6.92 Å². The van der Waals surface area contributed by atoms with Gasteiger partial charge in [0.2, 0.25) is 5.88 Å². The molecule has 0 unspecified atom stereocenters. The number of aromatic amines is 1. The van der Waals surface area contributed by atoms with E-state index in [2.05, 4.69) is 9.97 Å². The van der Waals surface area contributed by atoms with Crippen LogP contribution in [-0.4, -0.2) is 38.7 Å². The summed E-state index contributed by atoms with van der Waals surface area (Å²) in [6.45, 7) is 1.31. The molecule has 0 radical (unpaired) electrons. The average Bonchev–Trinajstić information content (AvgIpc) is 2.74. The number of alkyl halides is 3. The summed E-state index contributed by atoms with van der Waals surface area (Å²) in [5.41, 5.74) is -5.34. The number of aromatic nitrogens is 4. The van der Waals surface area contributed by atoms with Gasteiger partial charge >= 0.3 is 23.8 Å². The summed E-state index contributed by atoms with van der Waals surface area (Å²) in [5.74, 6) is -2.28. The molecule has 34 heavy (non-hydrogen) atoms. The molecule has 2 aromatic heterocycles. The maximum absolute atomic E-state index is 14.5. The fourth-order valence-electron chi connectivity index (χ4n) is 2.53. The summed E-state index contributed by atoms with van der Waals surface area (Å²) in [6, 6.07) is 2.50. The van der Waals surface area contributed by atoms with Crippen molar-refractivity contribution < 1.29 is 36.6 Å². The van der Waals surface area contributed by atoms with Gasteiger partial charge < -0.3 is 19.2 Å². The molecule has 0 spiro atoms. The molecule has 0 atom stereocenters. The molecule has 1 aromatic carbocycles. The Hall–Kier alpha value is -3.94. The number of H-pyrrole nitrogens is 1. The van der Waals surface area contributed by atoms with Crippen LogP contribution >= 0.6 is 11.6 Å². The zero-order chi connectivity index (χ0) is 25.0. The van der Waals surface area contributed by atoms with E-state index in [4.69, 9.17) is 25.8 Å². The Bertz CT molecular complexity index is 1310. The first-order chi connectivity index (χ1) is 16.0. The molecule has 180 valence electrons. The lowest BCUT2D eigenvalue weighted by Crippen LogP contribution is -2.36. The lowest BCUT2D eigenvalue weighted by Gasteiger charge is -2.12. The fraction of sp³-hybridized carbons (Fsp3) is 0.211. The molecule has 1 N–H and O–H groups in total. The number of halogens is 5. The Morgan fingerprint density at radius 2 is 1.97 bits per heavy atom. The number of carbonyl (C=O) groups excluding carboxylic acids is 1. The molecule has 0 bridgehead atoms. The highest BCUT2D eigenvalue weighted by Crippen LogP contribution is 2.32. The van der Waals surface area contributed by atoms with E-state index in [1.165, 1.54) is 17.2 Å². The topological polar surface area (TPSA) is 125 Å². The second-order valence-corrected chi connectivity index (χ2v) is 6.67. The van der Waals surface area contributed by atoms with Crippen molar-refractivity contribution in [2.75, 3.05) is 13.2 Å². The van der Waals surface area contributed by atoms with Crippen LogP contribution < -0.4 is 20.7 Å². The van der Waals surface area contributed by atoms with Gasteiger partial charge in [-0.2, -0.15) is 18.2 Å². The SMILES string of the molecule is CCOC(=O)COc1ccnc(Oc2cc(-n3c(=O)cc(C(F)(F)F)[nH]c3=O)c(F)cc2Cl)n1. The van der Waals surface area contributed by atoms with E-state index in [0.717, 1.165) is 6.07 Å². The number of carbonyl (C=O) groups is 1. The van der Waals surface area contributed by atoms with Crippen LogP contribution in [0.2, 0.25) is 5.02 Å². The van der Waals surface area contributed by atoms with Crippen LogP contribution in [0.1, 0.15) is 12.6 Å². The van der Waals surface area contributed by atoms with Crippen molar-refractivity contribution >= 4 is 17.6 Å². The Labute approximate surface area is 191 Å². The summed E-state index contributed by atoms with van der Waals surface area (Å²) in [7, 11) is 0. The molecule has 0 saturated carbocycles. The van der Waals surface area contributed by atoms with Crippen LogP contribution in [0.3, 0.4) is 0 Å². The molecule has 2 heterocycles. The van der Waals surface area contributed by atoms with E-state index in [1.807, 2.05) is 0 Å². The standard InChI is InChI=1S/C19H13ClF4N4O6/c1-2-32-16(30)8-33-14-3-4-25-17(27-14)34-12-6-11(10(21)5-9(12)20)28-15(29)7-13(19(22,23)24)26-18(28)31/h3-7H,2,8H2,1H3,(H,26,31). The molecule has 3 rings (SSSR count). The number of esters is 1. The Morgan fingerprint density at radius 1 is 1.24 bits per heavy atom. The highest BCUT2D eigenvalue weighted by molar-refractivity contribution is 6.32. The van der Waals surface area contributed by atoms with E-state index in [9.17, 15) is 31.9 Å². The molecule has 3 aromatic rings. The van der Waals surface area contributed by atoms with E-state index >= 15 is 0 Å². The first kappa shape index (κ1) is 24.7. The summed E-state index contributed by atoms with van der Waals surface area (Å²) in [5, 5.41) is -0.334. The van der Waals surface area contributed by atoms with Crippen LogP contribution in [0.5, 0.6) is 17.6 Å². The van der Waals surface area contributed by atoms with Crippen LogP contribution in [0, 0.1) is 5.82 Å². The minimum atomic E-state index is -5.00. The molecule has 0 fully saturated rings. The third-order valence-electron chi connectivity index (χ3n) is 3.93. The first-order valence-electron chi connectivity index (χ1n) is 9.22. The van der Waals surface area contributed by atoms with Gasteiger partial charge in [-0.3, -0.25) is 4.79 Å². The number of nitrogens with zero attached hydrogens (tertiary/aromatic N) is 3. The van der Waals surface area contributed by atoms with Gasteiger partial charge in [-0.25, -0.2) is 23.5 Å². The van der Waals surface area contributed by atoms with Gasteiger partial charge in [-0.1, -0.05) is 11.6 Å². The van der Waals surface area contributed by atoms with Gasteiger partial charge in [-0.15, -0.1) is 0 Å². The minimum absolute atomic E-state index is 0.0908. The van der Waals surface area contributed by atoms with Crippen molar-refractivity contribution in [2.24, 2.45) is 0 Å². The third-order valence-corrected chi connectivity index (χ3v) is 4.23. The van der Waals surface area contributed by atoms with Crippen molar-refractivity contribution in [1.82, 2.24) is 19.5 Å². The molecule has 0 aliphatic heterocycles. The zero-order valence-corrected chi connectivity index (χ0v) is 17.7. The molecular weight excluding hydrogens is 492 g/mol. The quantitative estimate of drug-likeness (QED) is 0.384. The van der Waals surface area contributed by atoms with E-state index < -0.39 is 47.2 Å². The normalized spacial score (nSPS) is 11.2. The maximum Gasteiger partial charge on any atom is 0.431 e. The number of hydrogen-bond donors (Lipinski definition) is 1. The van der Waals surface area contributed by atoms with Crippen molar-refractivity contribution in [2.45, 2.75) is 13.1 Å². The molecule has 15 heteroatoms. The summed E-state index contributed by atoms with van der Waals surface area (Å²) < 4.78 is 68.2. The van der Waals surface area contributed by atoms with Crippen LogP contribution in [0.15, 0.2) is 40.1 Å². The van der Waals surface area contributed by atoms with Gasteiger partial charge in [0, 0.05) is 24.4 Å². The number of hydrogen-bond acceptors (Lipinski definition) is 8. The summed E-state index contributed by atoms with van der Waals surface area (Å²) in [4.78, 5) is 44.8. The largest absolute Gasteiger partial charge is 0.465 e. The number of ether oxygens (including phenoxy) is 3. The van der Waals surface area contributed by atoms with Crippen LogP contribution in [0.4, 0.5) is 17.6 Å². The Balaban J connectivity index is 1.94. The highest BCUT2D eigenvalue weighted by Gasteiger charge is 2.33. The van der Waals surface area contributed by atoms with Gasteiger partial charge in [-0.05, 0) is 13.0 Å². The van der Waals surface area contributed by atoms with Crippen LogP contribution in [0.25, 0.3) is 5.69 Å². The maximum atomic E-state index is 14.5. The van der Waals surface area contributed by atoms with Gasteiger partial charge in [0.25, 0.3) is 5.56 Å². The summed E-state index contributed by atoms with van der Waals surface area (Å²) in [6.07, 6.45) is -3.80. The zero-order valence-electron chi connectivity index (χ0n) is 17.0. The van der Waals surface area contributed by atoms with Crippen LogP contribution in [-0.2, 0) is 15.7 Å². The smallest absolute Gasteiger partial charge is 0.431 e. The van der Waals surface area contributed by atoms with E-state index in [0.29, 0.717) is 6.07 Å². The third kappa shape index (κ3) is 5.70. The fourth-order valence-corrected chi connectivity index (χ4v) is 2.72. The lowest BCUT2D eigenvalue weighted by molar-refractivity contribution is -0.145. The van der Waals surface area contributed by atoms with Gasteiger partial charge in [0.05, 0.1) is 17.3 Å². The predicted molar refractivity (Wildman–Crippen MR) is 107 cm³/mol. The lowest BCUT2D eigenvalue weighted by atomic mass is 10.2. The van der Waals surface area contributed by atoms with Crippen molar-refractivity contribution in [1.29, 1.82) is 0 Å². The molecular formula is C19H13ClF4N4O6. The summed E-state index contributed by atoms with van der Waals surface area (Å²) >= 11 is 5.95.